The lowest BCUT2D eigenvalue weighted by Crippen LogP contribution is -2.38. The van der Waals surface area contributed by atoms with E-state index in [1.165, 1.54) is 0 Å². The van der Waals surface area contributed by atoms with Gasteiger partial charge in [-0.25, -0.2) is 4.98 Å². The summed E-state index contributed by atoms with van der Waals surface area (Å²) >= 11 is 0. The summed E-state index contributed by atoms with van der Waals surface area (Å²) in [6.45, 7) is 3.94. The van der Waals surface area contributed by atoms with Crippen molar-refractivity contribution in [3.05, 3.63) is 54.2 Å². The normalized spacial score (nSPS) is 16.0. The number of hydrogen-bond acceptors (Lipinski definition) is 2. The van der Waals surface area contributed by atoms with E-state index in [9.17, 15) is 4.79 Å². The molecule has 0 N–H and O–H groups in total. The predicted molar refractivity (Wildman–Crippen MR) is 84.0 cm³/mol. The lowest BCUT2D eigenvalue weighted by atomic mass is 9.99. The van der Waals surface area contributed by atoms with E-state index in [1.807, 2.05) is 53.4 Å². The van der Waals surface area contributed by atoms with Gasteiger partial charge in [-0.1, -0.05) is 43.3 Å². The summed E-state index contributed by atoms with van der Waals surface area (Å²) in [4.78, 5) is 19.0. The van der Waals surface area contributed by atoms with Crippen molar-refractivity contribution in [1.82, 2.24) is 9.88 Å². The zero-order valence-electron chi connectivity index (χ0n) is 12.3. The lowest BCUT2D eigenvalue weighted by molar-refractivity contribution is 0.0691. The maximum Gasteiger partial charge on any atom is 0.272 e. The van der Waals surface area contributed by atoms with Gasteiger partial charge >= 0.3 is 0 Å². The number of nitrogens with zero attached hydrogens (tertiary/aromatic N) is 2. The number of benzene rings is 1. The van der Waals surface area contributed by atoms with Crippen molar-refractivity contribution >= 4 is 5.91 Å². The Hall–Kier alpha value is -2.16. The van der Waals surface area contributed by atoms with Crippen LogP contribution >= 0.6 is 0 Å². The molecule has 3 heteroatoms. The number of aromatic nitrogens is 1. The SMILES string of the molecule is CC1CCN(C(=O)c2cccc(-c3ccccc3)n2)CC1. The van der Waals surface area contributed by atoms with Crippen LogP contribution in [-0.4, -0.2) is 28.9 Å². The van der Waals surface area contributed by atoms with Gasteiger partial charge in [0.05, 0.1) is 5.69 Å². The van der Waals surface area contributed by atoms with E-state index in [0.29, 0.717) is 5.69 Å². The van der Waals surface area contributed by atoms with Gasteiger partial charge in [0.25, 0.3) is 5.91 Å². The Morgan fingerprint density at radius 3 is 2.48 bits per heavy atom. The highest BCUT2D eigenvalue weighted by molar-refractivity contribution is 5.92. The van der Waals surface area contributed by atoms with Crippen LogP contribution in [0.5, 0.6) is 0 Å². The van der Waals surface area contributed by atoms with Crippen LogP contribution in [0.3, 0.4) is 0 Å². The van der Waals surface area contributed by atoms with E-state index in [-0.39, 0.29) is 5.91 Å². The average molecular weight is 280 g/mol. The molecule has 0 unspecified atom stereocenters. The fourth-order valence-corrected chi connectivity index (χ4v) is 2.70. The minimum absolute atomic E-state index is 0.0553. The van der Waals surface area contributed by atoms with Crippen molar-refractivity contribution < 1.29 is 4.79 Å². The molecule has 1 saturated heterocycles. The molecule has 0 spiro atoms. The summed E-state index contributed by atoms with van der Waals surface area (Å²) < 4.78 is 0. The molecule has 0 bridgehead atoms. The summed E-state index contributed by atoms with van der Waals surface area (Å²) in [6, 6.07) is 15.6. The third-order valence-electron chi connectivity index (χ3n) is 4.11. The highest BCUT2D eigenvalue weighted by Crippen LogP contribution is 2.20. The smallest absolute Gasteiger partial charge is 0.272 e. The van der Waals surface area contributed by atoms with Gasteiger partial charge in [0.2, 0.25) is 0 Å². The van der Waals surface area contributed by atoms with Gasteiger partial charge in [0.1, 0.15) is 5.69 Å². The summed E-state index contributed by atoms with van der Waals surface area (Å²) in [5.41, 5.74) is 2.44. The van der Waals surface area contributed by atoms with Gasteiger partial charge in [-0.15, -0.1) is 0 Å². The molecule has 1 aliphatic heterocycles. The van der Waals surface area contributed by atoms with Crippen molar-refractivity contribution in [3.8, 4) is 11.3 Å². The second-order valence-corrected chi connectivity index (χ2v) is 5.75. The van der Waals surface area contributed by atoms with E-state index < -0.39 is 0 Å². The van der Waals surface area contributed by atoms with Crippen LogP contribution in [0.2, 0.25) is 0 Å². The van der Waals surface area contributed by atoms with Crippen LogP contribution in [-0.2, 0) is 0 Å². The Bertz CT molecular complexity index is 616. The van der Waals surface area contributed by atoms with Crippen molar-refractivity contribution in [2.75, 3.05) is 13.1 Å². The topological polar surface area (TPSA) is 33.2 Å². The quantitative estimate of drug-likeness (QED) is 0.841. The molecule has 0 atom stereocenters. The number of hydrogen-bond donors (Lipinski definition) is 0. The molecule has 108 valence electrons. The van der Waals surface area contributed by atoms with Crippen LogP contribution < -0.4 is 0 Å². The Morgan fingerprint density at radius 2 is 1.76 bits per heavy atom. The third kappa shape index (κ3) is 3.13. The Balaban J connectivity index is 1.81. The number of carbonyl (C=O) groups is 1. The Kier molecular flexibility index (Phi) is 4.00. The zero-order valence-corrected chi connectivity index (χ0v) is 12.3. The average Bonchev–Trinajstić information content (AvgIpc) is 2.56. The molecule has 0 saturated carbocycles. The standard InChI is InChI=1S/C18H20N2O/c1-14-10-12-20(13-11-14)18(21)17-9-5-8-16(19-17)15-6-3-2-4-7-15/h2-9,14H,10-13H2,1H3. The van der Waals surface area contributed by atoms with E-state index in [2.05, 4.69) is 11.9 Å². The molecule has 1 aliphatic rings. The summed E-state index contributed by atoms with van der Waals surface area (Å²) in [6.07, 6.45) is 2.17. The summed E-state index contributed by atoms with van der Waals surface area (Å²) in [5.74, 6) is 0.775. The van der Waals surface area contributed by atoms with Gasteiger partial charge in [-0.3, -0.25) is 4.79 Å². The molecular weight excluding hydrogens is 260 g/mol. The molecule has 0 radical (unpaired) electrons. The minimum Gasteiger partial charge on any atom is -0.337 e. The molecule has 2 aromatic rings. The van der Waals surface area contributed by atoms with Crippen LogP contribution in [0.25, 0.3) is 11.3 Å². The number of likely N-dealkylation sites (tertiary alicyclic amines) is 1. The zero-order chi connectivity index (χ0) is 14.7. The first-order chi connectivity index (χ1) is 10.2. The van der Waals surface area contributed by atoms with E-state index in [0.717, 1.165) is 43.1 Å². The second kappa shape index (κ2) is 6.08. The fraction of sp³-hybridized carbons (Fsp3) is 0.333. The second-order valence-electron chi connectivity index (χ2n) is 5.75. The van der Waals surface area contributed by atoms with Crippen LogP contribution in [0.4, 0.5) is 0 Å². The maximum absolute atomic E-state index is 12.6. The van der Waals surface area contributed by atoms with Crippen molar-refractivity contribution in [2.24, 2.45) is 5.92 Å². The minimum atomic E-state index is 0.0553. The monoisotopic (exact) mass is 280 g/mol. The molecule has 2 heterocycles. The Labute approximate surface area is 125 Å². The molecule has 1 amide bonds. The van der Waals surface area contributed by atoms with Crippen LogP contribution in [0.1, 0.15) is 30.3 Å². The Morgan fingerprint density at radius 1 is 1.05 bits per heavy atom. The summed E-state index contributed by atoms with van der Waals surface area (Å²) in [7, 11) is 0. The first kappa shape index (κ1) is 13.8. The van der Waals surface area contributed by atoms with Crippen molar-refractivity contribution in [2.45, 2.75) is 19.8 Å². The molecule has 1 aromatic carbocycles. The highest BCUT2D eigenvalue weighted by atomic mass is 16.2. The molecular formula is C18H20N2O. The number of pyridine rings is 1. The lowest BCUT2D eigenvalue weighted by Gasteiger charge is -2.30. The number of carbonyl (C=O) groups excluding carboxylic acids is 1. The molecule has 21 heavy (non-hydrogen) atoms. The van der Waals surface area contributed by atoms with Crippen molar-refractivity contribution in [1.29, 1.82) is 0 Å². The van der Waals surface area contributed by atoms with E-state index in [1.54, 1.807) is 0 Å². The maximum atomic E-state index is 12.6. The highest BCUT2D eigenvalue weighted by Gasteiger charge is 2.22. The molecule has 1 aromatic heterocycles. The van der Waals surface area contributed by atoms with Gasteiger partial charge in [-0.2, -0.15) is 0 Å². The fourth-order valence-electron chi connectivity index (χ4n) is 2.70. The van der Waals surface area contributed by atoms with Gasteiger partial charge in [-0.05, 0) is 30.9 Å². The molecule has 3 nitrogen and oxygen atoms in total. The van der Waals surface area contributed by atoms with Crippen LogP contribution in [0, 0.1) is 5.92 Å². The first-order valence-electron chi connectivity index (χ1n) is 7.56. The van der Waals surface area contributed by atoms with Gasteiger partial charge in [0.15, 0.2) is 0 Å². The van der Waals surface area contributed by atoms with Crippen molar-refractivity contribution in [3.63, 3.8) is 0 Å². The number of piperidine rings is 1. The molecule has 1 fully saturated rings. The molecule has 0 aliphatic carbocycles. The first-order valence-corrected chi connectivity index (χ1v) is 7.56. The third-order valence-corrected chi connectivity index (χ3v) is 4.11. The van der Waals surface area contributed by atoms with Gasteiger partial charge < -0.3 is 4.90 Å². The molecule has 3 rings (SSSR count). The van der Waals surface area contributed by atoms with Gasteiger partial charge in [0, 0.05) is 18.7 Å². The predicted octanol–water partition coefficient (Wildman–Crippen LogP) is 3.62. The summed E-state index contributed by atoms with van der Waals surface area (Å²) in [5, 5.41) is 0. The largest absolute Gasteiger partial charge is 0.337 e. The van der Waals surface area contributed by atoms with E-state index >= 15 is 0 Å². The van der Waals surface area contributed by atoms with Crippen LogP contribution in [0.15, 0.2) is 48.5 Å². The number of amides is 1. The van der Waals surface area contributed by atoms with E-state index in [4.69, 9.17) is 0 Å². The number of rotatable bonds is 2.